The van der Waals surface area contributed by atoms with Gasteiger partial charge in [0.1, 0.15) is 17.0 Å². The van der Waals surface area contributed by atoms with Crippen molar-refractivity contribution in [3.8, 4) is 11.5 Å². The molecule has 0 atom stereocenters. The number of halogens is 1. The third-order valence-corrected chi connectivity index (χ3v) is 5.21. The molecular weight excluding hydrogens is 397 g/mol. The molecule has 4 nitrogen and oxygen atoms in total. The lowest BCUT2D eigenvalue weighted by molar-refractivity contribution is 0.579. The zero-order chi connectivity index (χ0) is 14.5. The van der Waals surface area contributed by atoms with Gasteiger partial charge < -0.3 is 4.42 Å². The number of pyridine rings is 1. The number of aromatic nitrogens is 3. The molecule has 0 bridgehead atoms. The standard InChI is InChI=1S/C15H12IN3OS/c16-13-14(12-5-3-8-20-12)18-10-19-15(13)21-9-6-11-4-1-2-7-17-11/h1-5,7-8,10H,6,9H2. The SMILES string of the molecule is Ic1c(SCCc2ccccn2)ncnc1-c1ccco1. The fraction of sp³-hybridized carbons (Fsp3) is 0.133. The third-order valence-electron chi connectivity index (χ3n) is 2.84. The van der Waals surface area contributed by atoms with E-state index in [1.165, 1.54) is 0 Å². The van der Waals surface area contributed by atoms with Crippen molar-refractivity contribution in [2.24, 2.45) is 0 Å². The molecule has 0 aromatic carbocycles. The molecular formula is C15H12IN3OS. The fourth-order valence-corrected chi connectivity index (χ4v) is 3.70. The van der Waals surface area contributed by atoms with Crippen LogP contribution in [0.15, 0.2) is 58.6 Å². The Morgan fingerprint density at radius 3 is 2.81 bits per heavy atom. The minimum atomic E-state index is 0.772. The summed E-state index contributed by atoms with van der Waals surface area (Å²) in [7, 11) is 0. The second-order valence-corrected chi connectivity index (χ2v) is 6.40. The zero-order valence-corrected chi connectivity index (χ0v) is 14.0. The van der Waals surface area contributed by atoms with Crippen LogP contribution in [0.4, 0.5) is 0 Å². The van der Waals surface area contributed by atoms with Gasteiger partial charge in [-0.25, -0.2) is 9.97 Å². The lowest BCUT2D eigenvalue weighted by atomic mass is 10.3. The highest BCUT2D eigenvalue weighted by Gasteiger charge is 2.12. The van der Waals surface area contributed by atoms with Gasteiger partial charge in [-0.3, -0.25) is 4.98 Å². The van der Waals surface area contributed by atoms with Crippen molar-refractivity contribution in [3.05, 3.63) is 58.4 Å². The monoisotopic (exact) mass is 409 g/mol. The third kappa shape index (κ3) is 3.62. The summed E-state index contributed by atoms with van der Waals surface area (Å²) in [4.78, 5) is 13.0. The minimum Gasteiger partial charge on any atom is -0.463 e. The lowest BCUT2D eigenvalue weighted by Crippen LogP contribution is -1.96. The molecule has 3 heterocycles. The summed E-state index contributed by atoms with van der Waals surface area (Å²) >= 11 is 3.99. The normalized spacial score (nSPS) is 10.7. The Bertz CT molecular complexity index is 704. The van der Waals surface area contributed by atoms with Gasteiger partial charge in [-0.2, -0.15) is 0 Å². The minimum absolute atomic E-state index is 0.772. The fourth-order valence-electron chi connectivity index (χ4n) is 1.84. The van der Waals surface area contributed by atoms with Crippen LogP contribution >= 0.6 is 34.4 Å². The number of aryl methyl sites for hydroxylation is 1. The predicted octanol–water partition coefficient (Wildman–Crippen LogP) is 4.07. The molecule has 0 amide bonds. The molecule has 3 aromatic rings. The van der Waals surface area contributed by atoms with Crippen LogP contribution in [0.3, 0.4) is 0 Å². The Hall–Kier alpha value is -1.41. The first-order valence-corrected chi connectivity index (χ1v) is 8.48. The molecule has 3 aromatic heterocycles. The van der Waals surface area contributed by atoms with Crippen LogP contribution in [-0.4, -0.2) is 20.7 Å². The van der Waals surface area contributed by atoms with E-state index < -0.39 is 0 Å². The number of hydrogen-bond donors (Lipinski definition) is 0. The molecule has 0 aliphatic heterocycles. The van der Waals surface area contributed by atoms with E-state index in [4.69, 9.17) is 4.42 Å². The molecule has 0 unspecified atom stereocenters. The summed E-state index contributed by atoms with van der Waals surface area (Å²) < 4.78 is 6.44. The average Bonchev–Trinajstić information content (AvgIpc) is 3.04. The quantitative estimate of drug-likeness (QED) is 0.361. The van der Waals surface area contributed by atoms with Crippen LogP contribution in [0, 0.1) is 3.57 Å². The molecule has 0 saturated carbocycles. The molecule has 0 saturated heterocycles. The molecule has 0 aliphatic rings. The van der Waals surface area contributed by atoms with E-state index in [1.54, 1.807) is 24.4 Å². The van der Waals surface area contributed by atoms with Crippen molar-refractivity contribution in [2.75, 3.05) is 5.75 Å². The van der Waals surface area contributed by atoms with Gasteiger partial charge in [0.05, 0.1) is 9.83 Å². The smallest absolute Gasteiger partial charge is 0.153 e. The van der Waals surface area contributed by atoms with Gasteiger partial charge in [0, 0.05) is 17.6 Å². The van der Waals surface area contributed by atoms with Crippen LogP contribution in [0.5, 0.6) is 0 Å². The number of rotatable bonds is 5. The summed E-state index contributed by atoms with van der Waals surface area (Å²) in [6.45, 7) is 0. The zero-order valence-electron chi connectivity index (χ0n) is 11.1. The molecule has 0 spiro atoms. The van der Waals surface area contributed by atoms with E-state index in [-0.39, 0.29) is 0 Å². The van der Waals surface area contributed by atoms with E-state index in [1.807, 2.05) is 36.5 Å². The molecule has 0 N–H and O–H groups in total. The van der Waals surface area contributed by atoms with Crippen LogP contribution < -0.4 is 0 Å². The average molecular weight is 409 g/mol. The summed E-state index contributed by atoms with van der Waals surface area (Å²) in [5.74, 6) is 1.70. The van der Waals surface area contributed by atoms with Gasteiger partial charge >= 0.3 is 0 Å². The van der Waals surface area contributed by atoms with Gasteiger partial charge in [-0.1, -0.05) is 6.07 Å². The molecule has 6 heteroatoms. The predicted molar refractivity (Wildman–Crippen MR) is 91.1 cm³/mol. The molecule has 21 heavy (non-hydrogen) atoms. The Morgan fingerprint density at radius 2 is 2.05 bits per heavy atom. The van der Waals surface area contributed by atoms with E-state index in [2.05, 4.69) is 37.5 Å². The van der Waals surface area contributed by atoms with Gasteiger partial charge in [0.25, 0.3) is 0 Å². The molecule has 106 valence electrons. The topological polar surface area (TPSA) is 51.8 Å². The van der Waals surface area contributed by atoms with E-state index in [0.29, 0.717) is 0 Å². The Balaban J connectivity index is 1.70. The van der Waals surface area contributed by atoms with E-state index in [0.717, 1.165) is 37.9 Å². The van der Waals surface area contributed by atoms with E-state index >= 15 is 0 Å². The first kappa shape index (κ1) is 14.5. The van der Waals surface area contributed by atoms with Gasteiger partial charge in [0.2, 0.25) is 0 Å². The van der Waals surface area contributed by atoms with Gasteiger partial charge in [-0.15, -0.1) is 11.8 Å². The molecule has 0 fully saturated rings. The second kappa shape index (κ2) is 7.04. The van der Waals surface area contributed by atoms with Crippen molar-refractivity contribution in [1.29, 1.82) is 0 Å². The van der Waals surface area contributed by atoms with Crippen molar-refractivity contribution in [1.82, 2.24) is 15.0 Å². The van der Waals surface area contributed by atoms with Crippen LogP contribution in [0.1, 0.15) is 5.69 Å². The van der Waals surface area contributed by atoms with Crippen molar-refractivity contribution < 1.29 is 4.42 Å². The Labute approximate surface area is 140 Å². The summed E-state index contributed by atoms with van der Waals surface area (Å²) in [5.41, 5.74) is 1.94. The number of furan rings is 1. The first-order chi connectivity index (χ1) is 10.3. The maximum absolute atomic E-state index is 5.41. The number of thioether (sulfide) groups is 1. The van der Waals surface area contributed by atoms with Gasteiger partial charge in [0.15, 0.2) is 5.76 Å². The highest BCUT2D eigenvalue weighted by molar-refractivity contribution is 14.1. The summed E-state index contributed by atoms with van der Waals surface area (Å²) in [6, 6.07) is 9.75. The molecule has 3 rings (SSSR count). The molecule has 0 radical (unpaired) electrons. The summed E-state index contributed by atoms with van der Waals surface area (Å²) in [5, 5.41) is 0.980. The van der Waals surface area contributed by atoms with Crippen LogP contribution in [-0.2, 0) is 6.42 Å². The van der Waals surface area contributed by atoms with Crippen LogP contribution in [0.2, 0.25) is 0 Å². The second-order valence-electron chi connectivity index (χ2n) is 4.24. The van der Waals surface area contributed by atoms with Crippen molar-refractivity contribution in [2.45, 2.75) is 11.4 Å². The maximum atomic E-state index is 5.41. The highest BCUT2D eigenvalue weighted by atomic mass is 127. The van der Waals surface area contributed by atoms with Crippen molar-refractivity contribution >= 4 is 34.4 Å². The summed E-state index contributed by atoms with van der Waals surface area (Å²) in [6.07, 6.45) is 5.98. The van der Waals surface area contributed by atoms with E-state index in [9.17, 15) is 0 Å². The largest absolute Gasteiger partial charge is 0.463 e. The molecule has 0 aliphatic carbocycles. The number of hydrogen-bond acceptors (Lipinski definition) is 5. The van der Waals surface area contributed by atoms with Crippen molar-refractivity contribution in [3.63, 3.8) is 0 Å². The Kier molecular flexibility index (Phi) is 4.87. The van der Waals surface area contributed by atoms with Crippen LogP contribution in [0.25, 0.3) is 11.5 Å². The number of nitrogens with zero attached hydrogens (tertiary/aromatic N) is 3. The Morgan fingerprint density at radius 1 is 1.10 bits per heavy atom. The highest BCUT2D eigenvalue weighted by Crippen LogP contribution is 2.30. The lowest BCUT2D eigenvalue weighted by Gasteiger charge is -2.06. The maximum Gasteiger partial charge on any atom is 0.153 e. The first-order valence-electron chi connectivity index (χ1n) is 6.41. The van der Waals surface area contributed by atoms with Gasteiger partial charge in [-0.05, 0) is 53.3 Å².